The van der Waals surface area contributed by atoms with Crippen molar-refractivity contribution >= 4 is 17.8 Å². The predicted octanol–water partition coefficient (Wildman–Crippen LogP) is 4.43. The molecule has 0 aromatic heterocycles. The minimum Gasteiger partial charge on any atom is -0.495 e. The van der Waals surface area contributed by atoms with Crippen molar-refractivity contribution in [3.63, 3.8) is 0 Å². The summed E-state index contributed by atoms with van der Waals surface area (Å²) in [5.41, 5.74) is 1.36. The minimum atomic E-state index is -1.08. The van der Waals surface area contributed by atoms with Crippen molar-refractivity contribution in [3.05, 3.63) is 83.6 Å². The molecule has 0 heterocycles. The number of esters is 1. The first kappa shape index (κ1) is 24.7. The van der Waals surface area contributed by atoms with Crippen molar-refractivity contribution in [2.75, 3.05) is 13.7 Å². The fourth-order valence-electron chi connectivity index (χ4n) is 2.78. The average molecular weight is 440 g/mol. The molecule has 0 spiro atoms. The zero-order chi connectivity index (χ0) is 23.2. The molecule has 0 aliphatic heterocycles. The van der Waals surface area contributed by atoms with Gasteiger partial charge < -0.3 is 19.5 Å². The van der Waals surface area contributed by atoms with E-state index in [1.54, 1.807) is 24.3 Å². The quantitative estimate of drug-likeness (QED) is 0.228. The van der Waals surface area contributed by atoms with Crippen LogP contribution in [0.25, 0.3) is 0 Å². The van der Waals surface area contributed by atoms with Gasteiger partial charge in [-0.25, -0.2) is 9.59 Å². The molecule has 2 aromatic carbocycles. The van der Waals surface area contributed by atoms with Crippen LogP contribution in [0.5, 0.6) is 0 Å². The third-order valence-electron chi connectivity index (χ3n) is 4.55. The van der Waals surface area contributed by atoms with Crippen molar-refractivity contribution in [1.29, 1.82) is 0 Å². The summed E-state index contributed by atoms with van der Waals surface area (Å²) in [4.78, 5) is 36.8. The normalized spacial score (nSPS) is 11.9. The monoisotopic (exact) mass is 439 g/mol. The van der Waals surface area contributed by atoms with Crippen molar-refractivity contribution in [1.82, 2.24) is 5.32 Å². The predicted molar refractivity (Wildman–Crippen MR) is 120 cm³/mol. The van der Waals surface area contributed by atoms with E-state index in [-0.39, 0.29) is 19.0 Å². The molecule has 1 amide bonds. The van der Waals surface area contributed by atoms with Gasteiger partial charge in [0.2, 0.25) is 0 Å². The molecule has 0 bridgehead atoms. The Labute approximate surface area is 188 Å². The largest absolute Gasteiger partial charge is 0.495 e. The number of amides is 1. The van der Waals surface area contributed by atoms with Crippen molar-refractivity contribution < 1.29 is 28.6 Å². The van der Waals surface area contributed by atoms with Crippen LogP contribution in [-0.2, 0) is 25.6 Å². The lowest BCUT2D eigenvalue weighted by molar-refractivity contribution is -0.144. The summed E-state index contributed by atoms with van der Waals surface area (Å²) in [6.45, 7) is 1.90. The lowest BCUT2D eigenvalue weighted by atomic mass is 10.1. The van der Waals surface area contributed by atoms with Gasteiger partial charge in [0, 0.05) is 18.1 Å². The molecule has 32 heavy (non-hydrogen) atoms. The van der Waals surface area contributed by atoms with E-state index < -0.39 is 18.1 Å². The van der Waals surface area contributed by atoms with Crippen molar-refractivity contribution in [2.24, 2.45) is 0 Å². The van der Waals surface area contributed by atoms with Crippen LogP contribution in [0.3, 0.4) is 0 Å². The Morgan fingerprint density at radius 2 is 1.62 bits per heavy atom. The molecule has 0 saturated heterocycles. The highest BCUT2D eigenvalue weighted by atomic mass is 16.6. The van der Waals surface area contributed by atoms with Crippen LogP contribution in [0.1, 0.15) is 42.1 Å². The van der Waals surface area contributed by atoms with Gasteiger partial charge in [0.05, 0.1) is 12.9 Å². The van der Waals surface area contributed by atoms with Crippen LogP contribution >= 0.6 is 0 Å². The van der Waals surface area contributed by atoms with E-state index in [9.17, 15) is 14.4 Å². The molecule has 0 aliphatic carbocycles. The van der Waals surface area contributed by atoms with Gasteiger partial charge in [-0.05, 0) is 12.0 Å². The highest BCUT2D eigenvalue weighted by Crippen LogP contribution is 2.13. The van der Waals surface area contributed by atoms with Gasteiger partial charge in [0.1, 0.15) is 13.2 Å². The topological polar surface area (TPSA) is 90.9 Å². The van der Waals surface area contributed by atoms with E-state index in [1.165, 1.54) is 13.2 Å². The van der Waals surface area contributed by atoms with Gasteiger partial charge in [0.25, 0.3) is 0 Å². The number of carbonyl (C=O) groups excluding carboxylic acids is 3. The third kappa shape index (κ3) is 8.63. The maximum atomic E-state index is 12.5. The van der Waals surface area contributed by atoms with E-state index in [0.29, 0.717) is 17.7 Å². The first-order valence-electron chi connectivity index (χ1n) is 10.5. The molecular weight excluding hydrogens is 410 g/mol. The van der Waals surface area contributed by atoms with E-state index in [4.69, 9.17) is 14.2 Å². The van der Waals surface area contributed by atoms with Crippen LogP contribution < -0.4 is 5.32 Å². The fourth-order valence-corrected chi connectivity index (χ4v) is 2.78. The van der Waals surface area contributed by atoms with E-state index in [0.717, 1.165) is 18.4 Å². The first-order valence-corrected chi connectivity index (χ1v) is 10.5. The number of hydrogen-bond donors (Lipinski definition) is 1. The summed E-state index contributed by atoms with van der Waals surface area (Å²) in [7, 11) is 1.22. The lowest BCUT2D eigenvalue weighted by Crippen LogP contribution is -2.44. The standard InChI is InChI=1S/C25H29NO6/c1-3-4-15-21(16-23(27)20-13-9-6-10-14-20)31-18-22(24(28)30-2)26-25(29)32-17-19-11-7-5-8-12-19/h5-14,16,22H,3-4,15,17-18H2,1-2H3,(H,26,29)/b21-16+/t22-/m0/s1. The lowest BCUT2D eigenvalue weighted by Gasteiger charge is -2.18. The van der Waals surface area contributed by atoms with Gasteiger partial charge in [0.15, 0.2) is 11.8 Å². The molecule has 1 N–H and O–H groups in total. The van der Waals surface area contributed by atoms with Crippen LogP contribution in [0.4, 0.5) is 4.79 Å². The Bertz CT molecular complexity index is 895. The Kier molecular flexibility index (Phi) is 10.5. The Morgan fingerprint density at radius 3 is 2.25 bits per heavy atom. The smallest absolute Gasteiger partial charge is 0.408 e. The van der Waals surface area contributed by atoms with Gasteiger partial charge in [-0.2, -0.15) is 0 Å². The number of allylic oxidation sites excluding steroid dienone is 2. The van der Waals surface area contributed by atoms with Crippen LogP contribution in [0.15, 0.2) is 72.5 Å². The molecule has 0 radical (unpaired) electrons. The molecule has 1 atom stereocenters. The number of rotatable bonds is 12. The van der Waals surface area contributed by atoms with E-state index in [2.05, 4.69) is 5.32 Å². The van der Waals surface area contributed by atoms with Crippen LogP contribution in [0.2, 0.25) is 0 Å². The average Bonchev–Trinajstić information content (AvgIpc) is 2.84. The van der Waals surface area contributed by atoms with Gasteiger partial charge >= 0.3 is 12.1 Å². The van der Waals surface area contributed by atoms with Gasteiger partial charge in [-0.1, -0.05) is 74.0 Å². The zero-order valence-corrected chi connectivity index (χ0v) is 18.4. The number of nitrogens with one attached hydrogen (secondary N) is 1. The minimum absolute atomic E-state index is 0.0641. The highest BCUT2D eigenvalue weighted by molar-refractivity contribution is 6.04. The molecule has 170 valence electrons. The molecule has 0 unspecified atom stereocenters. The highest BCUT2D eigenvalue weighted by Gasteiger charge is 2.24. The molecule has 7 nitrogen and oxygen atoms in total. The second-order valence-electron chi connectivity index (χ2n) is 7.04. The molecule has 0 fully saturated rings. The van der Waals surface area contributed by atoms with Gasteiger partial charge in [-0.3, -0.25) is 4.79 Å². The number of methoxy groups -OCH3 is 1. The molecule has 2 rings (SSSR count). The maximum Gasteiger partial charge on any atom is 0.408 e. The number of unbranched alkanes of at least 4 members (excludes halogenated alkanes) is 1. The number of hydrogen-bond acceptors (Lipinski definition) is 6. The summed E-state index contributed by atoms with van der Waals surface area (Å²) in [6.07, 6.45) is 2.90. The second kappa shape index (κ2) is 13.6. The molecule has 0 saturated carbocycles. The Balaban J connectivity index is 2.00. The molecule has 0 aliphatic rings. The Hall–Kier alpha value is -3.61. The second-order valence-corrected chi connectivity index (χ2v) is 7.04. The summed E-state index contributed by atoms with van der Waals surface area (Å²) < 4.78 is 15.7. The summed E-state index contributed by atoms with van der Waals surface area (Å²) in [6, 6.07) is 16.9. The van der Waals surface area contributed by atoms with Crippen LogP contribution in [-0.4, -0.2) is 37.6 Å². The number of benzene rings is 2. The van der Waals surface area contributed by atoms with Gasteiger partial charge in [-0.15, -0.1) is 0 Å². The SMILES string of the molecule is CCCC/C(=C\C(=O)c1ccccc1)OC[C@H](NC(=O)OCc1ccccc1)C(=O)OC. The fraction of sp³-hybridized carbons (Fsp3) is 0.320. The van der Waals surface area contributed by atoms with Crippen molar-refractivity contribution in [3.8, 4) is 0 Å². The van der Waals surface area contributed by atoms with E-state index >= 15 is 0 Å². The summed E-state index contributed by atoms with van der Waals surface area (Å²) >= 11 is 0. The summed E-state index contributed by atoms with van der Waals surface area (Å²) in [5, 5.41) is 2.46. The Morgan fingerprint density at radius 1 is 0.969 bits per heavy atom. The third-order valence-corrected chi connectivity index (χ3v) is 4.55. The zero-order valence-electron chi connectivity index (χ0n) is 18.4. The number of ether oxygens (including phenoxy) is 3. The molecule has 2 aromatic rings. The van der Waals surface area contributed by atoms with Crippen LogP contribution in [0, 0.1) is 0 Å². The molecule has 7 heteroatoms. The van der Waals surface area contributed by atoms with Crippen molar-refractivity contribution in [2.45, 2.75) is 38.8 Å². The van der Waals surface area contributed by atoms with E-state index in [1.807, 2.05) is 43.3 Å². The number of ketones is 1. The first-order chi connectivity index (χ1) is 15.5. The summed E-state index contributed by atoms with van der Waals surface area (Å²) in [5.74, 6) is -0.429. The molecular formula is C25H29NO6. The number of carbonyl (C=O) groups is 3. The number of alkyl carbamates (subject to hydrolysis) is 1. The maximum absolute atomic E-state index is 12.5.